The van der Waals surface area contributed by atoms with Crippen molar-refractivity contribution < 1.29 is 4.79 Å². The Bertz CT molecular complexity index is 519. The maximum Gasteiger partial charge on any atom is 0.252 e. The highest BCUT2D eigenvalue weighted by Gasteiger charge is 2.38. The summed E-state index contributed by atoms with van der Waals surface area (Å²) < 4.78 is 0. The van der Waals surface area contributed by atoms with Crippen LogP contribution in [0.3, 0.4) is 0 Å². The molecule has 4 heteroatoms. The number of carbonyl (C=O) groups is 1. The van der Waals surface area contributed by atoms with Crippen molar-refractivity contribution in [2.45, 2.75) is 45.1 Å². The summed E-state index contributed by atoms with van der Waals surface area (Å²) in [6.07, 6.45) is 3.81. The molecule has 0 bridgehead atoms. The Morgan fingerprint density at radius 1 is 1.32 bits per heavy atom. The molecule has 0 saturated heterocycles. The number of carbonyl (C=O) groups excluding carboxylic acids is 1. The lowest BCUT2D eigenvalue weighted by Crippen LogP contribution is -2.54. The maximum absolute atomic E-state index is 12.5. The molecule has 0 aliphatic heterocycles. The zero-order chi connectivity index (χ0) is 14.0. The molecule has 19 heavy (non-hydrogen) atoms. The summed E-state index contributed by atoms with van der Waals surface area (Å²) in [6.45, 7) is 3.97. The van der Waals surface area contributed by atoms with Gasteiger partial charge >= 0.3 is 0 Å². The molecule has 0 aromatic heterocycles. The smallest absolute Gasteiger partial charge is 0.252 e. The number of hydrogen-bond donors (Lipinski definition) is 2. The second-order valence-corrected chi connectivity index (χ2v) is 5.79. The fourth-order valence-electron chi connectivity index (χ4n) is 2.69. The third-order valence-electron chi connectivity index (χ3n) is 4.13. The summed E-state index contributed by atoms with van der Waals surface area (Å²) >= 11 is 5.16. The molecule has 0 spiro atoms. The summed E-state index contributed by atoms with van der Waals surface area (Å²) in [4.78, 5) is 12.9. The van der Waals surface area contributed by atoms with Crippen molar-refractivity contribution in [2.24, 2.45) is 5.73 Å². The zero-order valence-corrected chi connectivity index (χ0v) is 12.3. The van der Waals surface area contributed by atoms with Crippen LogP contribution in [0.5, 0.6) is 0 Å². The zero-order valence-electron chi connectivity index (χ0n) is 11.5. The van der Waals surface area contributed by atoms with Crippen LogP contribution >= 0.6 is 12.2 Å². The van der Waals surface area contributed by atoms with Crippen molar-refractivity contribution in [3.63, 3.8) is 0 Å². The quantitative estimate of drug-likeness (QED) is 0.834. The van der Waals surface area contributed by atoms with Gasteiger partial charge in [-0.25, -0.2) is 0 Å². The van der Waals surface area contributed by atoms with Crippen molar-refractivity contribution in [3.8, 4) is 0 Å². The van der Waals surface area contributed by atoms with Gasteiger partial charge in [0.05, 0.1) is 10.5 Å². The summed E-state index contributed by atoms with van der Waals surface area (Å²) in [5, 5.41) is 3.07. The topological polar surface area (TPSA) is 55.1 Å². The fraction of sp³-hybridized carbons (Fsp3) is 0.467. The molecule has 102 valence electrons. The minimum Gasteiger partial charge on any atom is -0.391 e. The van der Waals surface area contributed by atoms with Gasteiger partial charge in [0.1, 0.15) is 0 Å². The standard InChI is InChI=1S/C15H20N2OS/c1-10-6-5-7-12(11(10)2)13(18)17-15(14(16)19)8-3-4-9-15/h5-7H,3-4,8-9H2,1-2H3,(H2,16,19)(H,17,18). The molecule has 1 aromatic rings. The molecule has 3 N–H and O–H groups in total. The van der Waals surface area contributed by atoms with E-state index in [-0.39, 0.29) is 5.91 Å². The predicted octanol–water partition coefficient (Wildman–Crippen LogP) is 2.63. The Kier molecular flexibility index (Phi) is 3.90. The van der Waals surface area contributed by atoms with Gasteiger partial charge < -0.3 is 11.1 Å². The van der Waals surface area contributed by atoms with Gasteiger partial charge in [-0.1, -0.05) is 37.2 Å². The molecular weight excluding hydrogens is 256 g/mol. The van der Waals surface area contributed by atoms with Crippen molar-refractivity contribution >= 4 is 23.1 Å². The number of amides is 1. The minimum absolute atomic E-state index is 0.0732. The Balaban J connectivity index is 2.25. The van der Waals surface area contributed by atoms with Crippen LogP contribution in [-0.4, -0.2) is 16.4 Å². The van der Waals surface area contributed by atoms with Crippen LogP contribution < -0.4 is 11.1 Å². The van der Waals surface area contributed by atoms with Crippen molar-refractivity contribution in [1.29, 1.82) is 0 Å². The van der Waals surface area contributed by atoms with Gasteiger partial charge in [0.25, 0.3) is 5.91 Å². The van der Waals surface area contributed by atoms with Crippen molar-refractivity contribution in [3.05, 3.63) is 34.9 Å². The molecule has 0 unspecified atom stereocenters. The van der Waals surface area contributed by atoms with E-state index in [1.807, 2.05) is 32.0 Å². The van der Waals surface area contributed by atoms with E-state index in [1.165, 1.54) is 0 Å². The van der Waals surface area contributed by atoms with Gasteiger partial charge in [0.15, 0.2) is 0 Å². The van der Waals surface area contributed by atoms with Gasteiger partial charge in [0.2, 0.25) is 0 Å². The molecule has 1 fully saturated rings. The molecule has 1 aromatic carbocycles. The summed E-state index contributed by atoms with van der Waals surface area (Å²) in [6, 6.07) is 5.75. The van der Waals surface area contributed by atoms with Crippen LogP contribution in [-0.2, 0) is 0 Å². The molecule has 0 heterocycles. The lowest BCUT2D eigenvalue weighted by Gasteiger charge is -2.29. The fourth-order valence-corrected chi connectivity index (χ4v) is 2.95. The monoisotopic (exact) mass is 276 g/mol. The predicted molar refractivity (Wildman–Crippen MR) is 81.4 cm³/mol. The molecule has 2 rings (SSSR count). The van der Waals surface area contributed by atoms with Crippen LogP contribution in [0.2, 0.25) is 0 Å². The van der Waals surface area contributed by atoms with E-state index >= 15 is 0 Å². The van der Waals surface area contributed by atoms with Crippen LogP contribution in [0.25, 0.3) is 0 Å². The average Bonchev–Trinajstić information content (AvgIpc) is 2.82. The van der Waals surface area contributed by atoms with E-state index in [9.17, 15) is 4.79 Å². The molecular formula is C15H20N2OS. The van der Waals surface area contributed by atoms with Gasteiger partial charge in [-0.3, -0.25) is 4.79 Å². The van der Waals surface area contributed by atoms with E-state index in [0.29, 0.717) is 10.6 Å². The summed E-state index contributed by atoms with van der Waals surface area (Å²) in [5.74, 6) is -0.0732. The number of hydrogen-bond acceptors (Lipinski definition) is 2. The van der Waals surface area contributed by atoms with Gasteiger partial charge in [0, 0.05) is 5.56 Å². The highest BCUT2D eigenvalue weighted by molar-refractivity contribution is 7.80. The number of aryl methyl sites for hydroxylation is 1. The van der Waals surface area contributed by atoms with E-state index in [1.54, 1.807) is 0 Å². The first kappa shape index (κ1) is 14.0. The maximum atomic E-state index is 12.5. The molecule has 0 radical (unpaired) electrons. The Morgan fingerprint density at radius 2 is 1.95 bits per heavy atom. The molecule has 1 amide bonds. The SMILES string of the molecule is Cc1cccc(C(=O)NC2(C(N)=S)CCCC2)c1C. The minimum atomic E-state index is -0.484. The van der Waals surface area contributed by atoms with Crippen LogP contribution in [0, 0.1) is 13.8 Å². The Labute approximate surface area is 119 Å². The largest absolute Gasteiger partial charge is 0.391 e. The number of benzene rings is 1. The second kappa shape index (κ2) is 5.29. The molecule has 1 aliphatic carbocycles. The van der Waals surface area contributed by atoms with E-state index < -0.39 is 5.54 Å². The average molecular weight is 276 g/mol. The third kappa shape index (κ3) is 2.63. The van der Waals surface area contributed by atoms with E-state index in [0.717, 1.165) is 36.8 Å². The lowest BCUT2D eigenvalue weighted by molar-refractivity contribution is 0.0923. The van der Waals surface area contributed by atoms with Crippen molar-refractivity contribution in [2.75, 3.05) is 0 Å². The van der Waals surface area contributed by atoms with Gasteiger partial charge in [-0.05, 0) is 43.9 Å². The first-order chi connectivity index (χ1) is 8.96. The molecule has 3 nitrogen and oxygen atoms in total. The van der Waals surface area contributed by atoms with E-state index in [2.05, 4.69) is 5.32 Å². The van der Waals surface area contributed by atoms with Crippen LogP contribution in [0.4, 0.5) is 0 Å². The summed E-state index contributed by atoms with van der Waals surface area (Å²) in [7, 11) is 0. The van der Waals surface area contributed by atoms with E-state index in [4.69, 9.17) is 18.0 Å². The van der Waals surface area contributed by atoms with Crippen molar-refractivity contribution in [1.82, 2.24) is 5.32 Å². The van der Waals surface area contributed by atoms with Crippen LogP contribution in [0.15, 0.2) is 18.2 Å². The number of thiocarbonyl (C=S) groups is 1. The molecule has 1 saturated carbocycles. The Morgan fingerprint density at radius 3 is 2.53 bits per heavy atom. The Hall–Kier alpha value is -1.42. The van der Waals surface area contributed by atoms with Gasteiger partial charge in [-0.15, -0.1) is 0 Å². The first-order valence-corrected chi connectivity index (χ1v) is 7.06. The number of nitrogens with one attached hydrogen (secondary N) is 1. The first-order valence-electron chi connectivity index (χ1n) is 6.65. The molecule has 0 atom stereocenters. The molecule has 1 aliphatic rings. The number of nitrogens with two attached hydrogens (primary N) is 1. The second-order valence-electron chi connectivity index (χ2n) is 5.36. The third-order valence-corrected chi connectivity index (χ3v) is 4.52. The normalized spacial score (nSPS) is 17.2. The lowest BCUT2D eigenvalue weighted by atomic mass is 9.95. The van der Waals surface area contributed by atoms with Crippen LogP contribution in [0.1, 0.15) is 47.2 Å². The highest BCUT2D eigenvalue weighted by atomic mass is 32.1. The summed E-state index contributed by atoms with van der Waals surface area (Å²) in [5.41, 5.74) is 8.20. The highest BCUT2D eigenvalue weighted by Crippen LogP contribution is 2.30. The number of rotatable bonds is 3. The van der Waals surface area contributed by atoms with Gasteiger partial charge in [-0.2, -0.15) is 0 Å².